The Morgan fingerprint density at radius 1 is 1.14 bits per heavy atom. The summed E-state index contributed by atoms with van der Waals surface area (Å²) in [5, 5.41) is 32.1. The number of ether oxygens (including phenoxy) is 2. The second kappa shape index (κ2) is 13.0. The van der Waals surface area contributed by atoms with Gasteiger partial charge in [0.05, 0.1) is 0 Å². The van der Waals surface area contributed by atoms with Gasteiger partial charge in [-0.15, -0.1) is 0 Å². The summed E-state index contributed by atoms with van der Waals surface area (Å²) in [6.07, 6.45) is -2.13. The third-order valence-electron chi connectivity index (χ3n) is 5.56. The molecule has 0 fully saturated rings. The summed E-state index contributed by atoms with van der Waals surface area (Å²) in [6.45, 7) is 4.73. The summed E-state index contributed by atoms with van der Waals surface area (Å²) < 4.78 is 16.3. The molecule has 0 bridgehead atoms. The minimum absolute atomic E-state index is 0. The molecule has 2 N–H and O–H groups in total. The van der Waals surface area contributed by atoms with E-state index in [-0.39, 0.29) is 58.8 Å². The van der Waals surface area contributed by atoms with Crippen LogP contribution in [0.15, 0.2) is 45.6 Å². The monoisotopic (exact) mass is 506 g/mol. The normalized spacial score (nSPS) is 12.5. The number of aryl methyl sites for hydroxylation is 2. The van der Waals surface area contributed by atoms with E-state index < -0.39 is 30.4 Å². The van der Waals surface area contributed by atoms with E-state index in [1.807, 2.05) is 6.92 Å². The van der Waals surface area contributed by atoms with Crippen molar-refractivity contribution in [1.29, 1.82) is 0 Å². The van der Waals surface area contributed by atoms with Crippen LogP contribution in [-0.4, -0.2) is 41.0 Å². The maximum Gasteiger partial charge on any atom is 1.00 e. The number of carboxylic acid groups (broad SMARTS) is 1. The maximum absolute atomic E-state index is 12.2. The third-order valence-corrected chi connectivity index (χ3v) is 5.56. The van der Waals surface area contributed by atoms with E-state index in [9.17, 15) is 29.7 Å². The molecule has 0 saturated heterocycles. The zero-order valence-corrected chi connectivity index (χ0v) is 22.7. The number of benzene rings is 2. The SMILES string of the molecule is CCCc1cc(C(C)=O)ccc1OC(O)C(O)COc1ccc2c(C)c(CC(=O)[O-])c(=O)oc2c1.[Na+]. The Bertz CT molecular complexity index is 1300. The van der Waals surface area contributed by atoms with Gasteiger partial charge in [0.15, 0.2) is 5.78 Å². The van der Waals surface area contributed by atoms with Gasteiger partial charge in [-0.3, -0.25) is 4.79 Å². The molecular weight excluding hydrogens is 479 g/mol. The summed E-state index contributed by atoms with van der Waals surface area (Å²) in [5.74, 6) is -0.847. The van der Waals surface area contributed by atoms with Crippen LogP contribution in [0.5, 0.6) is 11.5 Å². The molecular formula is C26H27NaO9. The van der Waals surface area contributed by atoms with Crippen molar-refractivity contribution in [2.75, 3.05) is 6.61 Å². The van der Waals surface area contributed by atoms with Crippen molar-refractivity contribution < 1.29 is 68.4 Å². The Morgan fingerprint density at radius 2 is 1.86 bits per heavy atom. The minimum Gasteiger partial charge on any atom is -0.550 e. The number of rotatable bonds is 11. The van der Waals surface area contributed by atoms with Gasteiger partial charge in [0.1, 0.15) is 29.8 Å². The molecule has 1 heterocycles. The third kappa shape index (κ3) is 7.18. The first-order chi connectivity index (χ1) is 16.6. The summed E-state index contributed by atoms with van der Waals surface area (Å²) in [6, 6.07) is 9.50. The van der Waals surface area contributed by atoms with E-state index in [0.29, 0.717) is 28.7 Å². The molecule has 2 atom stereocenters. The smallest absolute Gasteiger partial charge is 0.550 e. The average molecular weight is 506 g/mol. The topological polar surface area (TPSA) is 146 Å². The Hall–Kier alpha value is -2.69. The molecule has 10 heteroatoms. The molecule has 0 amide bonds. The zero-order chi connectivity index (χ0) is 25.7. The van der Waals surface area contributed by atoms with Gasteiger partial charge in [0.2, 0.25) is 6.29 Å². The largest absolute Gasteiger partial charge is 1.00 e. The molecule has 0 aliphatic heterocycles. The van der Waals surface area contributed by atoms with Gasteiger partial charge in [-0.1, -0.05) is 13.3 Å². The van der Waals surface area contributed by atoms with Crippen LogP contribution in [0.4, 0.5) is 0 Å². The molecule has 0 aliphatic rings. The molecule has 0 radical (unpaired) electrons. The van der Waals surface area contributed by atoms with Crippen LogP contribution in [0, 0.1) is 6.92 Å². The standard InChI is InChI=1S/C26H28O9.Na/c1-4-5-17-10-16(15(3)27)6-9-22(17)34-26(32)21(28)13-33-18-7-8-19-14(2)20(12-24(29)30)25(31)35-23(19)11-18;/h6-11,21,26,28,32H,4-5,12-13H2,1-3H3,(H,29,30);/q;+1/p-1. The van der Waals surface area contributed by atoms with Crippen LogP contribution in [0.1, 0.15) is 47.3 Å². The van der Waals surface area contributed by atoms with Crippen LogP contribution >= 0.6 is 0 Å². The fraction of sp³-hybridized carbons (Fsp3) is 0.346. The first kappa shape index (κ1) is 29.5. The number of aliphatic carboxylic acids is 1. The van der Waals surface area contributed by atoms with Gasteiger partial charge in [0.25, 0.3) is 0 Å². The van der Waals surface area contributed by atoms with Crippen LogP contribution in [0.3, 0.4) is 0 Å². The van der Waals surface area contributed by atoms with Crippen LogP contribution in [0.2, 0.25) is 0 Å². The molecule has 1 aromatic heterocycles. The van der Waals surface area contributed by atoms with Gasteiger partial charge in [-0.2, -0.15) is 0 Å². The molecule has 3 rings (SSSR count). The van der Waals surface area contributed by atoms with Gasteiger partial charge in [-0.05, 0) is 61.7 Å². The van der Waals surface area contributed by atoms with E-state index in [1.54, 1.807) is 37.3 Å². The summed E-state index contributed by atoms with van der Waals surface area (Å²) in [4.78, 5) is 34.7. The summed E-state index contributed by atoms with van der Waals surface area (Å²) >= 11 is 0. The van der Waals surface area contributed by atoms with Gasteiger partial charge < -0.3 is 34.0 Å². The van der Waals surface area contributed by atoms with Crippen molar-refractivity contribution in [3.05, 3.63) is 69.1 Å². The second-order valence-electron chi connectivity index (χ2n) is 8.22. The predicted octanol–water partition coefficient (Wildman–Crippen LogP) is -1.31. The number of carboxylic acids is 1. The number of aliphatic hydroxyl groups excluding tert-OH is 2. The van der Waals surface area contributed by atoms with Crippen molar-refractivity contribution in [1.82, 2.24) is 0 Å². The molecule has 2 unspecified atom stereocenters. The summed E-state index contributed by atoms with van der Waals surface area (Å²) in [7, 11) is 0. The number of fused-ring (bicyclic) bond motifs is 1. The number of carbonyl (C=O) groups excluding carboxylic acids is 2. The minimum atomic E-state index is -1.60. The fourth-order valence-corrected chi connectivity index (χ4v) is 3.66. The van der Waals surface area contributed by atoms with Gasteiger partial charge >= 0.3 is 35.2 Å². The Labute approximate surface area is 229 Å². The number of hydrogen-bond donors (Lipinski definition) is 2. The molecule has 3 aromatic rings. The van der Waals surface area contributed by atoms with Gasteiger partial charge in [0, 0.05) is 35.0 Å². The molecule has 9 nitrogen and oxygen atoms in total. The van der Waals surface area contributed by atoms with Crippen molar-refractivity contribution in [3.8, 4) is 11.5 Å². The van der Waals surface area contributed by atoms with E-state index >= 15 is 0 Å². The first-order valence-electron chi connectivity index (χ1n) is 11.2. The quantitative estimate of drug-likeness (QED) is 0.140. The second-order valence-corrected chi connectivity index (χ2v) is 8.22. The molecule has 186 valence electrons. The Kier molecular flexibility index (Phi) is 10.7. The average Bonchev–Trinajstić information content (AvgIpc) is 2.80. The number of hydrogen-bond acceptors (Lipinski definition) is 9. The van der Waals surface area contributed by atoms with Crippen LogP contribution < -0.4 is 49.8 Å². The van der Waals surface area contributed by atoms with E-state index in [4.69, 9.17) is 13.9 Å². The van der Waals surface area contributed by atoms with E-state index in [1.165, 1.54) is 13.0 Å². The van der Waals surface area contributed by atoms with Crippen molar-refractivity contribution in [3.63, 3.8) is 0 Å². The molecule has 0 aliphatic carbocycles. The van der Waals surface area contributed by atoms with Gasteiger partial charge in [-0.25, -0.2) is 4.79 Å². The Balaban J connectivity index is 0.00000456. The zero-order valence-electron chi connectivity index (χ0n) is 20.7. The van der Waals surface area contributed by atoms with Crippen molar-refractivity contribution in [2.24, 2.45) is 0 Å². The van der Waals surface area contributed by atoms with Crippen LogP contribution in [-0.2, 0) is 17.6 Å². The van der Waals surface area contributed by atoms with E-state index in [0.717, 1.165) is 12.0 Å². The van der Waals surface area contributed by atoms with Crippen molar-refractivity contribution >= 4 is 22.7 Å². The molecule has 2 aromatic carbocycles. The number of ketones is 1. The maximum atomic E-state index is 12.2. The number of Topliss-reactive ketones (excluding diaryl/α,β-unsaturated/α-hetero) is 1. The summed E-state index contributed by atoms with van der Waals surface area (Å²) in [5.41, 5.74) is 1.16. The van der Waals surface area contributed by atoms with E-state index in [2.05, 4.69) is 0 Å². The first-order valence-corrected chi connectivity index (χ1v) is 11.2. The molecule has 0 spiro atoms. The van der Waals surface area contributed by atoms with Crippen molar-refractivity contribution in [2.45, 2.75) is 52.4 Å². The Morgan fingerprint density at radius 3 is 2.50 bits per heavy atom. The fourth-order valence-electron chi connectivity index (χ4n) is 3.66. The molecule has 0 saturated carbocycles. The number of carbonyl (C=O) groups is 2. The molecule has 36 heavy (non-hydrogen) atoms. The van der Waals surface area contributed by atoms with Crippen LogP contribution in [0.25, 0.3) is 11.0 Å². The predicted molar refractivity (Wildman–Crippen MR) is 125 cm³/mol. The number of aliphatic hydroxyl groups is 2.